The van der Waals surface area contributed by atoms with Crippen LogP contribution in [0.2, 0.25) is 0 Å². The highest BCUT2D eigenvalue weighted by atomic mass is 32.2. The Labute approximate surface area is 259 Å². The first-order valence-electron chi connectivity index (χ1n) is 15.5. The molecule has 2 heterocycles. The molecule has 1 aliphatic heterocycles. The van der Waals surface area contributed by atoms with Crippen LogP contribution in [0.3, 0.4) is 0 Å². The summed E-state index contributed by atoms with van der Waals surface area (Å²) < 4.78 is 36.8. The molecule has 4 N–H and O–H groups in total. The third kappa shape index (κ3) is 5.73. The van der Waals surface area contributed by atoms with E-state index in [1.165, 1.54) is 19.0 Å². The van der Waals surface area contributed by atoms with E-state index in [0.717, 1.165) is 57.7 Å². The number of fused-ring (bicyclic) bond motifs is 5. The lowest BCUT2D eigenvalue weighted by molar-refractivity contribution is -0.150. The smallest absolute Gasteiger partial charge is 0.311 e. The first-order valence-corrected chi connectivity index (χ1v) is 16.9. The van der Waals surface area contributed by atoms with Gasteiger partial charge in [0.05, 0.1) is 18.2 Å². The van der Waals surface area contributed by atoms with Gasteiger partial charge in [0.1, 0.15) is 5.75 Å². The summed E-state index contributed by atoms with van der Waals surface area (Å²) in [4.78, 5) is 26.3. The van der Waals surface area contributed by atoms with Crippen molar-refractivity contribution in [1.82, 2.24) is 13.6 Å². The van der Waals surface area contributed by atoms with Crippen molar-refractivity contribution in [2.75, 3.05) is 27.2 Å². The zero-order valence-electron chi connectivity index (χ0n) is 26.1. The van der Waals surface area contributed by atoms with E-state index in [1.54, 1.807) is 26.2 Å². The molecule has 0 saturated heterocycles. The van der Waals surface area contributed by atoms with Gasteiger partial charge in [0, 0.05) is 42.2 Å². The summed E-state index contributed by atoms with van der Waals surface area (Å²) in [7, 11) is -1.03. The maximum Gasteiger partial charge on any atom is 0.311 e. The fourth-order valence-corrected chi connectivity index (χ4v) is 7.81. The number of rotatable bonds is 10. The Kier molecular flexibility index (Phi) is 9.11. The molecule has 10 nitrogen and oxygen atoms in total. The Hall–Kier alpha value is -3.41. The second-order valence-corrected chi connectivity index (χ2v) is 14.3. The summed E-state index contributed by atoms with van der Waals surface area (Å²) in [5.41, 5.74) is 9.31. The molecule has 11 heteroatoms. The molecule has 2 aliphatic rings. The van der Waals surface area contributed by atoms with Gasteiger partial charge < -0.3 is 20.1 Å². The maximum absolute atomic E-state index is 13.4. The first kappa shape index (κ1) is 32.0. The molecule has 1 unspecified atom stereocenters. The number of ether oxygens (including phenoxy) is 1. The molecule has 1 saturated carbocycles. The minimum Gasteiger partial charge on any atom is -0.497 e. The van der Waals surface area contributed by atoms with Gasteiger partial charge in [0.2, 0.25) is 0 Å². The van der Waals surface area contributed by atoms with Crippen molar-refractivity contribution >= 4 is 33.0 Å². The SMILES string of the molecule is COc1ccc2c(c1)[C@H](C)C(C)(C(=O)O)Cn1c-2c(C2CCCCC2)c2ccc(C(=O)NS(=O)(=O)N(C)CCCCN)cc21. The number of benzene rings is 2. The van der Waals surface area contributed by atoms with Crippen molar-refractivity contribution in [3.8, 4) is 17.0 Å². The molecule has 1 fully saturated rings. The molecular formula is C33H44N4O6S. The number of unbranched alkanes of at least 4 members (excludes halogenated alkanes) is 1. The number of aromatic nitrogens is 1. The summed E-state index contributed by atoms with van der Waals surface area (Å²) in [6.07, 6.45) is 6.74. The average molecular weight is 625 g/mol. The normalized spacial score (nSPS) is 20.6. The minimum atomic E-state index is -4.06. The number of carbonyl (C=O) groups is 2. The zero-order chi connectivity index (χ0) is 31.8. The molecule has 3 aromatic rings. The molecule has 0 radical (unpaired) electrons. The highest BCUT2D eigenvalue weighted by Gasteiger charge is 2.45. The number of hydrogen-bond donors (Lipinski definition) is 3. The standard InChI is InChI=1S/C33H44N4O6S/c1-21-27-19-24(43-4)13-15-25(27)30-29(22-10-6-5-7-11-22)26-14-12-23(18-28(26)37(30)20-33(21,2)32(39)40)31(38)35-44(41,42)36(3)17-9-8-16-34/h12-15,18-19,21-22H,5-11,16-17,20,34H2,1-4H3,(H,35,38)(H,39,40)/t21-,33?/m0/s1. The molecule has 0 spiro atoms. The Balaban J connectivity index is 1.69. The number of carboxylic acids is 1. The fourth-order valence-electron chi connectivity index (χ4n) is 6.93. The third-order valence-electron chi connectivity index (χ3n) is 9.85. The number of methoxy groups -OCH3 is 1. The second-order valence-electron chi connectivity index (χ2n) is 12.6. The lowest BCUT2D eigenvalue weighted by Gasteiger charge is -2.31. The van der Waals surface area contributed by atoms with Crippen LogP contribution in [0.25, 0.3) is 22.2 Å². The second kappa shape index (κ2) is 12.5. The highest BCUT2D eigenvalue weighted by Crippen LogP contribution is 2.52. The van der Waals surface area contributed by atoms with Gasteiger partial charge in [-0.25, -0.2) is 4.72 Å². The van der Waals surface area contributed by atoms with Crippen LogP contribution in [0.1, 0.15) is 92.1 Å². The van der Waals surface area contributed by atoms with E-state index in [2.05, 4.69) is 9.29 Å². The molecule has 0 bridgehead atoms. The van der Waals surface area contributed by atoms with E-state index in [-0.39, 0.29) is 30.5 Å². The van der Waals surface area contributed by atoms with Crippen LogP contribution in [0.4, 0.5) is 0 Å². The van der Waals surface area contributed by atoms with Gasteiger partial charge in [-0.1, -0.05) is 32.3 Å². The van der Waals surface area contributed by atoms with Gasteiger partial charge in [0.15, 0.2) is 0 Å². The van der Waals surface area contributed by atoms with Crippen molar-refractivity contribution in [3.05, 3.63) is 53.1 Å². The maximum atomic E-state index is 13.4. The van der Waals surface area contributed by atoms with E-state index in [4.69, 9.17) is 10.5 Å². The average Bonchev–Trinajstić information content (AvgIpc) is 3.28. The van der Waals surface area contributed by atoms with Crippen molar-refractivity contribution in [2.45, 2.75) is 77.2 Å². The molecule has 1 aliphatic carbocycles. The van der Waals surface area contributed by atoms with Crippen LogP contribution in [0.5, 0.6) is 5.75 Å². The minimum absolute atomic E-state index is 0.187. The van der Waals surface area contributed by atoms with Gasteiger partial charge in [-0.2, -0.15) is 12.7 Å². The Morgan fingerprint density at radius 1 is 1.14 bits per heavy atom. The number of nitrogens with one attached hydrogen (secondary N) is 1. The molecule has 238 valence electrons. The lowest BCUT2D eigenvalue weighted by atomic mass is 9.73. The van der Waals surface area contributed by atoms with Gasteiger partial charge in [0.25, 0.3) is 5.91 Å². The molecule has 2 atom stereocenters. The van der Waals surface area contributed by atoms with Gasteiger partial charge in [-0.15, -0.1) is 0 Å². The predicted octanol–water partition coefficient (Wildman–Crippen LogP) is 5.22. The topological polar surface area (TPSA) is 144 Å². The number of nitrogens with zero attached hydrogens (tertiary/aromatic N) is 2. The summed E-state index contributed by atoms with van der Waals surface area (Å²) in [5, 5.41) is 11.6. The van der Waals surface area contributed by atoms with Crippen molar-refractivity contribution < 1.29 is 27.9 Å². The molecule has 2 aromatic carbocycles. The van der Waals surface area contributed by atoms with Gasteiger partial charge in [-0.05, 0) is 92.4 Å². The molecular weight excluding hydrogens is 580 g/mol. The van der Waals surface area contributed by atoms with Crippen molar-refractivity contribution in [1.29, 1.82) is 0 Å². The van der Waals surface area contributed by atoms with E-state index < -0.39 is 27.5 Å². The summed E-state index contributed by atoms with van der Waals surface area (Å²) in [6, 6.07) is 11.2. The first-order chi connectivity index (χ1) is 20.9. The molecule has 5 rings (SSSR count). The number of carbonyl (C=O) groups excluding carboxylic acids is 1. The summed E-state index contributed by atoms with van der Waals surface area (Å²) in [6.45, 7) is 4.61. The van der Waals surface area contributed by atoms with Gasteiger partial charge in [-0.3, -0.25) is 9.59 Å². The summed E-state index contributed by atoms with van der Waals surface area (Å²) >= 11 is 0. The predicted molar refractivity (Wildman–Crippen MR) is 171 cm³/mol. The van der Waals surface area contributed by atoms with Crippen LogP contribution >= 0.6 is 0 Å². The van der Waals surface area contributed by atoms with E-state index in [0.29, 0.717) is 25.1 Å². The Morgan fingerprint density at radius 2 is 1.86 bits per heavy atom. The van der Waals surface area contributed by atoms with E-state index in [9.17, 15) is 23.1 Å². The van der Waals surface area contributed by atoms with Crippen LogP contribution in [0, 0.1) is 5.41 Å². The lowest BCUT2D eigenvalue weighted by Crippen LogP contribution is -2.42. The zero-order valence-corrected chi connectivity index (χ0v) is 26.9. The third-order valence-corrected chi connectivity index (χ3v) is 11.3. The molecule has 1 aromatic heterocycles. The molecule has 44 heavy (non-hydrogen) atoms. The van der Waals surface area contributed by atoms with Crippen LogP contribution in [0.15, 0.2) is 36.4 Å². The number of nitrogens with two attached hydrogens (primary N) is 1. The van der Waals surface area contributed by atoms with Gasteiger partial charge >= 0.3 is 16.2 Å². The number of amides is 1. The Morgan fingerprint density at radius 3 is 2.52 bits per heavy atom. The van der Waals surface area contributed by atoms with Crippen LogP contribution in [-0.4, -0.2) is 61.5 Å². The van der Waals surface area contributed by atoms with Crippen molar-refractivity contribution in [2.24, 2.45) is 11.1 Å². The van der Waals surface area contributed by atoms with Crippen LogP contribution < -0.4 is 15.2 Å². The van der Waals surface area contributed by atoms with E-state index >= 15 is 0 Å². The number of carboxylic acid groups (broad SMARTS) is 1. The fraction of sp³-hybridized carbons (Fsp3) is 0.515. The van der Waals surface area contributed by atoms with Crippen molar-refractivity contribution in [3.63, 3.8) is 0 Å². The monoisotopic (exact) mass is 624 g/mol. The largest absolute Gasteiger partial charge is 0.497 e. The quantitative estimate of drug-likeness (QED) is 0.263. The molecule has 1 amide bonds. The van der Waals surface area contributed by atoms with E-state index in [1.807, 2.05) is 31.2 Å². The number of aliphatic carboxylic acids is 1. The number of hydrogen-bond acceptors (Lipinski definition) is 6. The summed E-state index contributed by atoms with van der Waals surface area (Å²) in [5.74, 6) is -1.04. The Bertz CT molecular complexity index is 1680. The highest BCUT2D eigenvalue weighted by molar-refractivity contribution is 7.87. The van der Waals surface area contributed by atoms with Crippen LogP contribution in [-0.2, 0) is 21.5 Å².